The number of fused-ring (bicyclic) bond motifs is 1. The number of benzene rings is 2. The van der Waals surface area contributed by atoms with Crippen molar-refractivity contribution in [2.75, 3.05) is 25.2 Å². The Kier molecular flexibility index (Phi) is 5.93. The minimum atomic E-state index is -2.76. The number of anilines is 1. The van der Waals surface area contributed by atoms with Gasteiger partial charge in [0, 0.05) is 25.3 Å². The lowest BCUT2D eigenvalue weighted by molar-refractivity contribution is -0.113. The summed E-state index contributed by atoms with van der Waals surface area (Å²) in [5, 5.41) is 2.75. The van der Waals surface area contributed by atoms with Gasteiger partial charge in [-0.3, -0.25) is 14.2 Å². The number of thioether (sulfide) groups is 1. The van der Waals surface area contributed by atoms with Crippen molar-refractivity contribution in [1.82, 2.24) is 14.5 Å². The molecule has 0 saturated heterocycles. The molecule has 1 N–H and O–H groups in total. The molecule has 28 heavy (non-hydrogen) atoms. The van der Waals surface area contributed by atoms with Gasteiger partial charge in [0.2, 0.25) is 5.91 Å². The lowest BCUT2D eigenvalue weighted by Gasteiger charge is -2.12. The van der Waals surface area contributed by atoms with Gasteiger partial charge in [0.25, 0.3) is 5.91 Å². The molecule has 2 amide bonds. The van der Waals surface area contributed by atoms with Gasteiger partial charge >= 0.3 is 6.55 Å². The summed E-state index contributed by atoms with van der Waals surface area (Å²) in [4.78, 5) is 29.9. The Morgan fingerprint density at radius 2 is 1.93 bits per heavy atom. The van der Waals surface area contributed by atoms with Crippen LogP contribution >= 0.6 is 11.8 Å². The Labute approximate surface area is 164 Å². The number of carbonyl (C=O) groups excluding carboxylic acids is 2. The highest BCUT2D eigenvalue weighted by Crippen LogP contribution is 2.29. The summed E-state index contributed by atoms with van der Waals surface area (Å²) in [7, 11) is 3.28. The fraction of sp³-hybridized carbons (Fsp3) is 0.211. The molecular weight excluding hydrogens is 386 g/mol. The molecule has 0 spiro atoms. The minimum absolute atomic E-state index is 0.0721. The van der Waals surface area contributed by atoms with E-state index in [0.29, 0.717) is 22.3 Å². The molecule has 0 atom stereocenters. The van der Waals surface area contributed by atoms with Crippen LogP contribution in [-0.2, 0) is 4.79 Å². The molecule has 0 fully saturated rings. The number of aromatic nitrogens is 2. The van der Waals surface area contributed by atoms with E-state index in [1.54, 1.807) is 62.6 Å². The zero-order chi connectivity index (χ0) is 20.3. The average Bonchev–Trinajstić information content (AvgIpc) is 3.04. The van der Waals surface area contributed by atoms with Gasteiger partial charge in [-0.2, -0.15) is 8.78 Å². The number of para-hydroxylation sites is 2. The number of hydrogen-bond donors (Lipinski definition) is 1. The molecule has 1 aromatic heterocycles. The molecule has 146 valence electrons. The number of halogens is 2. The summed E-state index contributed by atoms with van der Waals surface area (Å²) in [6, 6.07) is 13.1. The van der Waals surface area contributed by atoms with Crippen molar-refractivity contribution in [1.29, 1.82) is 0 Å². The summed E-state index contributed by atoms with van der Waals surface area (Å²) in [5.41, 5.74) is 1.66. The van der Waals surface area contributed by atoms with Crippen molar-refractivity contribution in [2.24, 2.45) is 0 Å². The molecule has 3 aromatic rings. The second-order valence-electron chi connectivity index (χ2n) is 6.15. The van der Waals surface area contributed by atoms with Gasteiger partial charge in [0.05, 0.1) is 16.8 Å². The number of nitrogens with zero attached hydrogens (tertiary/aromatic N) is 3. The van der Waals surface area contributed by atoms with Gasteiger partial charge < -0.3 is 10.2 Å². The van der Waals surface area contributed by atoms with E-state index in [1.807, 2.05) is 0 Å². The molecule has 0 aliphatic rings. The van der Waals surface area contributed by atoms with Crippen LogP contribution in [0.5, 0.6) is 0 Å². The van der Waals surface area contributed by atoms with E-state index in [0.717, 1.165) is 16.3 Å². The second-order valence-corrected chi connectivity index (χ2v) is 7.09. The fourth-order valence-electron chi connectivity index (χ4n) is 2.63. The monoisotopic (exact) mass is 404 g/mol. The quantitative estimate of drug-likeness (QED) is 0.634. The number of alkyl halides is 2. The number of imidazole rings is 1. The highest BCUT2D eigenvalue weighted by Gasteiger charge is 2.19. The van der Waals surface area contributed by atoms with Gasteiger partial charge in [0.1, 0.15) is 0 Å². The Hall–Kier alpha value is -2.94. The molecule has 0 bridgehead atoms. The lowest BCUT2D eigenvalue weighted by Crippen LogP contribution is -2.22. The lowest BCUT2D eigenvalue weighted by atomic mass is 10.2. The third kappa shape index (κ3) is 4.30. The van der Waals surface area contributed by atoms with E-state index in [-0.39, 0.29) is 22.7 Å². The van der Waals surface area contributed by atoms with Crippen molar-refractivity contribution in [2.45, 2.75) is 11.7 Å². The van der Waals surface area contributed by atoms with Crippen LogP contribution in [-0.4, -0.2) is 46.1 Å². The molecule has 2 aromatic carbocycles. The van der Waals surface area contributed by atoms with Gasteiger partial charge in [-0.15, -0.1) is 0 Å². The Bertz CT molecular complexity index is 1020. The summed E-state index contributed by atoms with van der Waals surface area (Å²) < 4.78 is 27.7. The number of carbonyl (C=O) groups is 2. The van der Waals surface area contributed by atoms with Crippen molar-refractivity contribution < 1.29 is 18.4 Å². The largest absolute Gasteiger partial charge is 0.345 e. The first kappa shape index (κ1) is 19.8. The third-order valence-electron chi connectivity index (χ3n) is 3.89. The smallest absolute Gasteiger partial charge is 0.321 e. The van der Waals surface area contributed by atoms with E-state index in [2.05, 4.69) is 10.3 Å². The average molecular weight is 404 g/mol. The molecule has 0 radical (unpaired) electrons. The fourth-order valence-corrected chi connectivity index (χ4v) is 3.44. The van der Waals surface area contributed by atoms with Crippen molar-refractivity contribution >= 4 is 40.3 Å². The van der Waals surface area contributed by atoms with Crippen LogP contribution in [0.25, 0.3) is 11.0 Å². The molecule has 6 nitrogen and oxygen atoms in total. The topological polar surface area (TPSA) is 67.2 Å². The molecule has 0 aliphatic heterocycles. The van der Waals surface area contributed by atoms with Gasteiger partial charge in [-0.05, 0) is 30.3 Å². The maximum Gasteiger partial charge on any atom is 0.321 e. The van der Waals surface area contributed by atoms with Crippen LogP contribution in [0.2, 0.25) is 0 Å². The van der Waals surface area contributed by atoms with E-state index < -0.39 is 6.55 Å². The zero-order valence-electron chi connectivity index (χ0n) is 15.2. The van der Waals surface area contributed by atoms with Crippen LogP contribution < -0.4 is 5.32 Å². The Morgan fingerprint density at radius 1 is 1.18 bits per heavy atom. The second kappa shape index (κ2) is 8.39. The van der Waals surface area contributed by atoms with E-state index in [1.165, 1.54) is 4.90 Å². The number of hydrogen-bond acceptors (Lipinski definition) is 4. The predicted molar refractivity (Wildman–Crippen MR) is 105 cm³/mol. The van der Waals surface area contributed by atoms with E-state index in [9.17, 15) is 18.4 Å². The van der Waals surface area contributed by atoms with Gasteiger partial charge in [0.15, 0.2) is 5.16 Å². The zero-order valence-corrected chi connectivity index (χ0v) is 16.0. The Balaban J connectivity index is 1.70. The van der Waals surface area contributed by atoms with Crippen molar-refractivity contribution in [3.63, 3.8) is 0 Å². The van der Waals surface area contributed by atoms with Gasteiger partial charge in [-0.1, -0.05) is 30.0 Å². The van der Waals surface area contributed by atoms with Gasteiger partial charge in [-0.25, -0.2) is 4.98 Å². The molecule has 3 rings (SSSR count). The summed E-state index contributed by atoms with van der Waals surface area (Å²) in [6.07, 6.45) is 0. The number of rotatable bonds is 6. The van der Waals surface area contributed by atoms with Crippen LogP contribution in [0, 0.1) is 0 Å². The first-order valence-corrected chi connectivity index (χ1v) is 9.35. The molecule has 0 unspecified atom stereocenters. The van der Waals surface area contributed by atoms with E-state index in [4.69, 9.17) is 0 Å². The summed E-state index contributed by atoms with van der Waals surface area (Å²) in [5.74, 6) is -0.662. The maximum absolute atomic E-state index is 13.4. The van der Waals surface area contributed by atoms with E-state index >= 15 is 0 Å². The number of amides is 2. The van der Waals surface area contributed by atoms with Crippen molar-refractivity contribution in [3.8, 4) is 0 Å². The van der Waals surface area contributed by atoms with Crippen LogP contribution in [0.3, 0.4) is 0 Å². The van der Waals surface area contributed by atoms with Crippen LogP contribution in [0.1, 0.15) is 16.9 Å². The minimum Gasteiger partial charge on any atom is -0.345 e. The van der Waals surface area contributed by atoms with Crippen molar-refractivity contribution in [3.05, 3.63) is 54.1 Å². The predicted octanol–water partition coefficient (Wildman–Crippen LogP) is 3.86. The SMILES string of the molecule is CN(C)C(=O)c1cccc(NC(=O)CSc2nc3ccccc3n2C(F)F)c1. The first-order chi connectivity index (χ1) is 13.4. The third-order valence-corrected chi connectivity index (χ3v) is 4.84. The first-order valence-electron chi connectivity index (χ1n) is 8.36. The maximum atomic E-state index is 13.4. The number of nitrogens with one attached hydrogen (secondary N) is 1. The normalized spacial score (nSPS) is 11.0. The summed E-state index contributed by atoms with van der Waals surface area (Å²) in [6.45, 7) is -2.76. The highest BCUT2D eigenvalue weighted by atomic mass is 32.2. The molecule has 9 heteroatoms. The van der Waals surface area contributed by atoms with Crippen LogP contribution in [0.15, 0.2) is 53.7 Å². The van der Waals surface area contributed by atoms with Crippen LogP contribution in [0.4, 0.5) is 14.5 Å². The summed E-state index contributed by atoms with van der Waals surface area (Å²) >= 11 is 0.929. The molecular formula is C19H18F2N4O2S. The molecule has 1 heterocycles. The Morgan fingerprint density at radius 3 is 2.64 bits per heavy atom. The standard InChI is InChI=1S/C19H18F2N4O2S/c1-24(2)17(27)12-6-5-7-13(10-12)22-16(26)11-28-19-23-14-8-3-4-9-15(14)25(19)18(20)21/h3-10,18H,11H2,1-2H3,(H,22,26). The molecule has 0 saturated carbocycles. The highest BCUT2D eigenvalue weighted by molar-refractivity contribution is 7.99. The molecule has 0 aliphatic carbocycles.